The molecule has 2 rings (SSSR count). The van der Waals surface area contributed by atoms with Crippen LogP contribution in [0, 0.1) is 12.3 Å². The molecule has 2 aromatic carbocycles. The Balaban J connectivity index is 2.02. The summed E-state index contributed by atoms with van der Waals surface area (Å²) in [6, 6.07) is 18.3. The molecule has 0 aliphatic carbocycles. The van der Waals surface area contributed by atoms with Gasteiger partial charge in [0.15, 0.2) is 0 Å². The van der Waals surface area contributed by atoms with Crippen molar-refractivity contribution in [2.75, 3.05) is 0 Å². The second kappa shape index (κ2) is 5.97. The van der Waals surface area contributed by atoms with Crippen molar-refractivity contribution in [2.24, 2.45) is 0 Å². The van der Waals surface area contributed by atoms with Crippen LogP contribution in [-0.2, 0) is 6.42 Å². The lowest BCUT2D eigenvalue weighted by atomic mass is 10.0. The molecule has 0 aromatic heterocycles. The number of hydrogen-bond acceptors (Lipinski definition) is 1. The molecular formula is C17H17N. The lowest BCUT2D eigenvalue weighted by molar-refractivity contribution is 1.27. The second-order valence-electron chi connectivity index (χ2n) is 4.32. The average molecular weight is 235 g/mol. The van der Waals surface area contributed by atoms with Gasteiger partial charge in [0.05, 0.1) is 5.71 Å². The van der Waals surface area contributed by atoms with Gasteiger partial charge >= 0.3 is 0 Å². The number of rotatable bonds is 4. The molecule has 2 aromatic rings. The van der Waals surface area contributed by atoms with Crippen molar-refractivity contribution in [3.63, 3.8) is 0 Å². The first kappa shape index (κ1) is 12.3. The SMILES string of the molecule is Cc1ccccc1C(=N)/C=C\Cc1ccccc1. The molecule has 1 heteroatoms. The number of hydrogen-bond donors (Lipinski definition) is 1. The fraction of sp³-hybridized carbons (Fsp3) is 0.118. The number of nitrogens with one attached hydrogen (secondary N) is 1. The maximum atomic E-state index is 8.05. The second-order valence-corrected chi connectivity index (χ2v) is 4.32. The van der Waals surface area contributed by atoms with Crippen LogP contribution in [0.2, 0.25) is 0 Å². The normalized spacial score (nSPS) is 10.7. The van der Waals surface area contributed by atoms with Crippen LogP contribution < -0.4 is 0 Å². The molecule has 0 aliphatic rings. The van der Waals surface area contributed by atoms with Crippen molar-refractivity contribution >= 4 is 5.71 Å². The van der Waals surface area contributed by atoms with Crippen molar-refractivity contribution in [2.45, 2.75) is 13.3 Å². The molecular weight excluding hydrogens is 218 g/mol. The van der Waals surface area contributed by atoms with Gasteiger partial charge in [-0.25, -0.2) is 0 Å². The molecule has 18 heavy (non-hydrogen) atoms. The molecule has 0 fully saturated rings. The highest BCUT2D eigenvalue weighted by Gasteiger charge is 1.99. The Labute approximate surface area is 108 Å². The van der Waals surface area contributed by atoms with E-state index in [1.807, 2.05) is 61.5 Å². The third-order valence-corrected chi connectivity index (χ3v) is 2.92. The summed E-state index contributed by atoms with van der Waals surface area (Å²) in [7, 11) is 0. The monoisotopic (exact) mass is 235 g/mol. The number of aryl methyl sites for hydroxylation is 1. The summed E-state index contributed by atoms with van der Waals surface area (Å²) < 4.78 is 0. The van der Waals surface area contributed by atoms with Gasteiger partial charge in [0.1, 0.15) is 0 Å². The van der Waals surface area contributed by atoms with Gasteiger partial charge in [0.2, 0.25) is 0 Å². The molecule has 0 heterocycles. The van der Waals surface area contributed by atoms with E-state index in [-0.39, 0.29) is 0 Å². The van der Waals surface area contributed by atoms with E-state index in [1.165, 1.54) is 5.56 Å². The topological polar surface area (TPSA) is 23.9 Å². The highest BCUT2D eigenvalue weighted by atomic mass is 14.4. The Kier molecular flexibility index (Phi) is 4.08. The number of allylic oxidation sites excluding steroid dienone is 2. The van der Waals surface area contributed by atoms with Gasteiger partial charge in [-0.1, -0.05) is 60.7 Å². The molecule has 0 atom stereocenters. The molecule has 0 spiro atoms. The largest absolute Gasteiger partial charge is 0.300 e. The molecule has 0 saturated heterocycles. The zero-order valence-corrected chi connectivity index (χ0v) is 10.6. The number of benzene rings is 2. The fourth-order valence-electron chi connectivity index (χ4n) is 1.89. The summed E-state index contributed by atoms with van der Waals surface area (Å²) >= 11 is 0. The Bertz CT molecular complexity index is 553. The van der Waals surface area contributed by atoms with Crippen LogP contribution in [0.25, 0.3) is 0 Å². The van der Waals surface area contributed by atoms with Crippen LogP contribution in [0.1, 0.15) is 16.7 Å². The van der Waals surface area contributed by atoms with Crippen molar-refractivity contribution in [1.82, 2.24) is 0 Å². The molecule has 1 N–H and O–H groups in total. The summed E-state index contributed by atoms with van der Waals surface area (Å²) in [6.07, 6.45) is 4.80. The highest BCUT2D eigenvalue weighted by Crippen LogP contribution is 2.09. The minimum Gasteiger partial charge on any atom is -0.300 e. The smallest absolute Gasteiger partial charge is 0.0611 e. The Morgan fingerprint density at radius 3 is 2.39 bits per heavy atom. The zero-order chi connectivity index (χ0) is 12.8. The van der Waals surface area contributed by atoms with Gasteiger partial charge < -0.3 is 5.41 Å². The van der Waals surface area contributed by atoms with E-state index in [0.29, 0.717) is 5.71 Å². The standard InChI is InChI=1S/C17H17N/c1-14-8-5-6-12-16(14)17(18)13-7-11-15-9-3-2-4-10-15/h2-10,12-13,18H,11H2,1H3/b13-7-,18-17?. The maximum Gasteiger partial charge on any atom is 0.0611 e. The van der Waals surface area contributed by atoms with E-state index in [9.17, 15) is 0 Å². The third kappa shape index (κ3) is 3.17. The summed E-state index contributed by atoms with van der Waals surface area (Å²) in [6.45, 7) is 2.04. The first-order valence-electron chi connectivity index (χ1n) is 6.12. The zero-order valence-electron chi connectivity index (χ0n) is 10.6. The van der Waals surface area contributed by atoms with Gasteiger partial charge in [0, 0.05) is 5.56 Å². The Hall–Kier alpha value is -2.15. The Morgan fingerprint density at radius 1 is 1.00 bits per heavy atom. The van der Waals surface area contributed by atoms with Gasteiger partial charge in [-0.3, -0.25) is 0 Å². The summed E-state index contributed by atoms with van der Waals surface area (Å²) in [5.41, 5.74) is 3.99. The summed E-state index contributed by atoms with van der Waals surface area (Å²) in [5, 5.41) is 8.05. The van der Waals surface area contributed by atoms with Crippen LogP contribution in [0.3, 0.4) is 0 Å². The third-order valence-electron chi connectivity index (χ3n) is 2.92. The minimum atomic E-state index is 0.573. The van der Waals surface area contributed by atoms with E-state index in [0.717, 1.165) is 17.5 Å². The van der Waals surface area contributed by atoms with Crippen LogP contribution >= 0.6 is 0 Å². The van der Waals surface area contributed by atoms with Crippen molar-refractivity contribution in [1.29, 1.82) is 5.41 Å². The van der Waals surface area contributed by atoms with E-state index in [1.54, 1.807) is 0 Å². The molecule has 0 radical (unpaired) electrons. The van der Waals surface area contributed by atoms with E-state index >= 15 is 0 Å². The quantitative estimate of drug-likeness (QED) is 0.769. The van der Waals surface area contributed by atoms with E-state index in [4.69, 9.17) is 5.41 Å². The van der Waals surface area contributed by atoms with Gasteiger partial charge in [0.25, 0.3) is 0 Å². The first-order valence-corrected chi connectivity index (χ1v) is 6.12. The van der Waals surface area contributed by atoms with Gasteiger partial charge in [-0.05, 0) is 30.5 Å². The molecule has 1 nitrogen and oxygen atoms in total. The van der Waals surface area contributed by atoms with Crippen molar-refractivity contribution in [3.05, 3.63) is 83.4 Å². The average Bonchev–Trinajstić information content (AvgIpc) is 2.40. The van der Waals surface area contributed by atoms with Crippen molar-refractivity contribution < 1.29 is 0 Å². The van der Waals surface area contributed by atoms with Crippen molar-refractivity contribution in [3.8, 4) is 0 Å². The fourth-order valence-corrected chi connectivity index (χ4v) is 1.89. The van der Waals surface area contributed by atoms with Gasteiger partial charge in [-0.2, -0.15) is 0 Å². The lowest BCUT2D eigenvalue weighted by Gasteiger charge is -2.03. The highest BCUT2D eigenvalue weighted by molar-refractivity contribution is 6.07. The molecule has 90 valence electrons. The van der Waals surface area contributed by atoms with Crippen LogP contribution in [-0.4, -0.2) is 5.71 Å². The van der Waals surface area contributed by atoms with Gasteiger partial charge in [-0.15, -0.1) is 0 Å². The maximum absolute atomic E-state index is 8.05. The molecule has 0 aliphatic heterocycles. The lowest BCUT2D eigenvalue weighted by Crippen LogP contribution is -1.97. The summed E-state index contributed by atoms with van der Waals surface area (Å²) in [4.78, 5) is 0. The predicted octanol–water partition coefficient (Wildman–Crippen LogP) is 4.16. The molecule has 0 amide bonds. The minimum absolute atomic E-state index is 0.573. The van der Waals surface area contributed by atoms with E-state index < -0.39 is 0 Å². The van der Waals surface area contributed by atoms with E-state index in [2.05, 4.69) is 12.1 Å². The first-order chi connectivity index (χ1) is 8.77. The Morgan fingerprint density at radius 2 is 1.67 bits per heavy atom. The molecule has 0 saturated carbocycles. The molecule has 0 bridgehead atoms. The predicted molar refractivity (Wildman–Crippen MR) is 77.3 cm³/mol. The van der Waals surface area contributed by atoms with Crippen LogP contribution in [0.15, 0.2) is 66.7 Å². The van der Waals surface area contributed by atoms with Crippen LogP contribution in [0.4, 0.5) is 0 Å². The summed E-state index contributed by atoms with van der Waals surface area (Å²) in [5.74, 6) is 0. The van der Waals surface area contributed by atoms with Crippen LogP contribution in [0.5, 0.6) is 0 Å². The molecule has 0 unspecified atom stereocenters.